The van der Waals surface area contributed by atoms with Gasteiger partial charge in [0.05, 0.1) is 23.1 Å². The molecule has 0 amide bonds. The Labute approximate surface area is 165 Å². The smallest absolute Gasteiger partial charge is 0.311 e. The first-order chi connectivity index (χ1) is 12.7. The van der Waals surface area contributed by atoms with E-state index in [0.29, 0.717) is 23.2 Å². The lowest BCUT2D eigenvalue weighted by atomic mass is 9.61. The molecule has 0 aliphatic heterocycles. The van der Waals surface area contributed by atoms with Crippen molar-refractivity contribution in [2.24, 2.45) is 17.8 Å². The fraction of sp³-hybridized carbons (Fsp3) is 0.526. The van der Waals surface area contributed by atoms with Crippen LogP contribution in [0.25, 0.3) is 10.6 Å². The van der Waals surface area contributed by atoms with Crippen molar-refractivity contribution >= 4 is 39.1 Å². The van der Waals surface area contributed by atoms with Crippen LogP contribution in [-0.2, 0) is 9.53 Å². The van der Waals surface area contributed by atoms with Gasteiger partial charge in [-0.3, -0.25) is 4.79 Å². The van der Waals surface area contributed by atoms with Gasteiger partial charge in [-0.25, -0.2) is 9.97 Å². The molecule has 2 aromatic heterocycles. The second kappa shape index (κ2) is 7.64. The van der Waals surface area contributed by atoms with Crippen LogP contribution in [0.1, 0.15) is 32.6 Å². The maximum absolute atomic E-state index is 12.6. The first-order valence-electron chi connectivity index (χ1n) is 9.17. The molecule has 5 rings (SSSR count). The van der Waals surface area contributed by atoms with Crippen molar-refractivity contribution in [3.8, 4) is 10.6 Å². The van der Waals surface area contributed by atoms with E-state index in [-0.39, 0.29) is 17.9 Å². The molecule has 0 aromatic carbocycles. The normalized spacial score (nSPS) is 27.3. The first kappa shape index (κ1) is 17.9. The lowest BCUT2D eigenvalue weighted by Crippen LogP contribution is -2.52. The molecule has 0 radical (unpaired) electrons. The van der Waals surface area contributed by atoms with E-state index in [1.54, 1.807) is 11.3 Å². The second-order valence-electron chi connectivity index (χ2n) is 7.01. The molecular weight excluding hydrogens is 414 g/mol. The summed E-state index contributed by atoms with van der Waals surface area (Å²) in [6.45, 7) is 2.30. The van der Waals surface area contributed by atoms with Crippen LogP contribution in [0.4, 0.5) is 5.82 Å². The van der Waals surface area contributed by atoms with Crippen LogP contribution in [0.3, 0.4) is 0 Å². The summed E-state index contributed by atoms with van der Waals surface area (Å²) < 4.78 is 5.94. The van der Waals surface area contributed by atoms with Crippen LogP contribution >= 0.6 is 27.3 Å². The summed E-state index contributed by atoms with van der Waals surface area (Å²) in [6.07, 6.45) is 4.59. The minimum absolute atomic E-state index is 0.0639. The van der Waals surface area contributed by atoms with Gasteiger partial charge in [0.25, 0.3) is 0 Å². The highest BCUT2D eigenvalue weighted by molar-refractivity contribution is 9.10. The molecule has 0 saturated heterocycles. The number of ether oxygens (including phenoxy) is 1. The number of carbonyl (C=O) groups is 1. The number of halogens is 1. The highest BCUT2D eigenvalue weighted by Gasteiger charge is 2.48. The first-order valence-corrected chi connectivity index (χ1v) is 10.8. The van der Waals surface area contributed by atoms with E-state index in [9.17, 15) is 4.79 Å². The molecule has 2 atom stereocenters. The SMILES string of the molecule is CCOC(=O)[C@H]1C2CCC(CC2)[C@@H]1Nc1cc(-c2cccs2)nc(Br)n1. The highest BCUT2D eigenvalue weighted by Crippen LogP contribution is 2.46. The molecule has 3 fully saturated rings. The Kier molecular flexibility index (Phi) is 5.27. The van der Waals surface area contributed by atoms with E-state index in [2.05, 4.69) is 31.2 Å². The number of esters is 1. The monoisotopic (exact) mass is 435 g/mol. The molecule has 7 heteroatoms. The molecule has 2 aromatic rings. The average Bonchev–Trinajstić information content (AvgIpc) is 3.17. The number of fused-ring (bicyclic) bond motifs is 3. The quantitative estimate of drug-likeness (QED) is 0.542. The number of rotatable bonds is 5. The zero-order valence-electron chi connectivity index (χ0n) is 14.7. The lowest BCUT2D eigenvalue weighted by molar-refractivity contribution is -0.154. The topological polar surface area (TPSA) is 64.1 Å². The molecule has 3 saturated carbocycles. The van der Waals surface area contributed by atoms with E-state index in [4.69, 9.17) is 4.74 Å². The largest absolute Gasteiger partial charge is 0.466 e. The maximum atomic E-state index is 12.6. The summed E-state index contributed by atoms with van der Waals surface area (Å²) in [6, 6.07) is 6.12. The molecule has 2 heterocycles. The van der Waals surface area contributed by atoms with Crippen LogP contribution < -0.4 is 5.32 Å². The molecule has 138 valence electrons. The summed E-state index contributed by atoms with van der Waals surface area (Å²) in [5.74, 6) is 1.53. The second-order valence-corrected chi connectivity index (χ2v) is 8.66. The van der Waals surface area contributed by atoms with Crippen molar-refractivity contribution in [2.75, 3.05) is 11.9 Å². The Morgan fingerprint density at radius 3 is 2.77 bits per heavy atom. The minimum Gasteiger partial charge on any atom is -0.466 e. The summed E-state index contributed by atoms with van der Waals surface area (Å²) in [5, 5.41) is 5.60. The van der Waals surface area contributed by atoms with E-state index < -0.39 is 0 Å². The Balaban J connectivity index is 1.61. The van der Waals surface area contributed by atoms with Crippen molar-refractivity contribution in [3.63, 3.8) is 0 Å². The molecule has 3 aliphatic rings. The molecule has 1 N–H and O–H groups in total. The predicted octanol–water partition coefficient (Wildman–Crippen LogP) is 4.75. The Morgan fingerprint density at radius 2 is 2.08 bits per heavy atom. The fourth-order valence-corrected chi connectivity index (χ4v) is 5.52. The van der Waals surface area contributed by atoms with E-state index in [0.717, 1.165) is 29.2 Å². The van der Waals surface area contributed by atoms with Gasteiger partial charge in [-0.2, -0.15) is 0 Å². The maximum Gasteiger partial charge on any atom is 0.311 e. The number of anilines is 1. The number of nitrogens with zero attached hydrogens (tertiary/aromatic N) is 2. The van der Waals surface area contributed by atoms with Gasteiger partial charge in [-0.15, -0.1) is 11.3 Å². The van der Waals surface area contributed by atoms with Gasteiger partial charge in [-0.1, -0.05) is 6.07 Å². The third kappa shape index (κ3) is 3.51. The zero-order valence-corrected chi connectivity index (χ0v) is 17.1. The van der Waals surface area contributed by atoms with E-state index in [1.807, 2.05) is 30.5 Å². The molecule has 0 unspecified atom stereocenters. The number of hydrogen-bond donors (Lipinski definition) is 1. The number of thiophene rings is 1. The lowest BCUT2D eigenvalue weighted by Gasteiger charge is -2.47. The Bertz CT molecular complexity index is 775. The number of nitrogens with one attached hydrogen (secondary N) is 1. The number of carbonyl (C=O) groups excluding carboxylic acids is 1. The van der Waals surface area contributed by atoms with Gasteiger partial charge in [0.1, 0.15) is 5.82 Å². The fourth-order valence-electron chi connectivity index (χ4n) is 4.45. The summed E-state index contributed by atoms with van der Waals surface area (Å²) >= 11 is 5.07. The third-order valence-electron chi connectivity index (χ3n) is 5.56. The van der Waals surface area contributed by atoms with Crippen molar-refractivity contribution < 1.29 is 9.53 Å². The molecule has 3 aliphatic carbocycles. The van der Waals surface area contributed by atoms with Crippen LogP contribution in [0, 0.1) is 17.8 Å². The standard InChI is InChI=1S/C19H22BrN3O2S/c1-2-25-18(24)16-11-5-7-12(8-6-11)17(16)22-15-10-13(21-19(20)23-15)14-4-3-9-26-14/h3-4,9-12,16-17H,2,5-8H2,1H3,(H,21,22,23)/t11?,12?,16-,17-/m0/s1. The summed E-state index contributed by atoms with van der Waals surface area (Å²) in [5.41, 5.74) is 0.887. The molecular formula is C19H22BrN3O2S. The summed E-state index contributed by atoms with van der Waals surface area (Å²) in [7, 11) is 0. The zero-order chi connectivity index (χ0) is 18.1. The van der Waals surface area contributed by atoms with Crippen molar-refractivity contribution in [2.45, 2.75) is 38.6 Å². The van der Waals surface area contributed by atoms with Crippen LogP contribution in [0.15, 0.2) is 28.3 Å². The third-order valence-corrected chi connectivity index (χ3v) is 6.81. The van der Waals surface area contributed by atoms with Gasteiger partial charge < -0.3 is 10.1 Å². The van der Waals surface area contributed by atoms with Crippen LogP contribution in [0.5, 0.6) is 0 Å². The van der Waals surface area contributed by atoms with E-state index in [1.165, 1.54) is 12.8 Å². The Morgan fingerprint density at radius 1 is 1.31 bits per heavy atom. The number of aromatic nitrogens is 2. The van der Waals surface area contributed by atoms with Crippen molar-refractivity contribution in [3.05, 3.63) is 28.3 Å². The van der Waals surface area contributed by atoms with E-state index >= 15 is 0 Å². The molecule has 2 bridgehead atoms. The molecule has 5 nitrogen and oxygen atoms in total. The number of hydrogen-bond acceptors (Lipinski definition) is 6. The van der Waals surface area contributed by atoms with Gasteiger partial charge in [-0.05, 0) is 71.8 Å². The van der Waals surface area contributed by atoms with Gasteiger partial charge in [0.2, 0.25) is 0 Å². The average molecular weight is 436 g/mol. The van der Waals surface area contributed by atoms with Crippen LogP contribution in [-0.4, -0.2) is 28.6 Å². The van der Waals surface area contributed by atoms with Gasteiger partial charge in [0.15, 0.2) is 4.73 Å². The highest BCUT2D eigenvalue weighted by atomic mass is 79.9. The predicted molar refractivity (Wildman–Crippen MR) is 106 cm³/mol. The van der Waals surface area contributed by atoms with Crippen molar-refractivity contribution in [1.29, 1.82) is 0 Å². The van der Waals surface area contributed by atoms with Crippen LogP contribution in [0.2, 0.25) is 0 Å². The Hall–Kier alpha value is -1.47. The van der Waals surface area contributed by atoms with Gasteiger partial charge >= 0.3 is 5.97 Å². The molecule has 0 spiro atoms. The summed E-state index contributed by atoms with van der Waals surface area (Å²) in [4.78, 5) is 22.7. The van der Waals surface area contributed by atoms with Gasteiger partial charge in [0, 0.05) is 12.1 Å². The van der Waals surface area contributed by atoms with Crippen molar-refractivity contribution in [1.82, 2.24) is 9.97 Å². The molecule has 26 heavy (non-hydrogen) atoms. The minimum atomic E-state index is -0.0821.